The summed E-state index contributed by atoms with van der Waals surface area (Å²) in [6, 6.07) is 9.94. The third-order valence-electron chi connectivity index (χ3n) is 3.59. The minimum absolute atomic E-state index is 0.654. The maximum Gasteiger partial charge on any atom is 0.133 e. The van der Waals surface area contributed by atoms with E-state index in [1.54, 1.807) is 12.5 Å². The smallest absolute Gasteiger partial charge is 0.133 e. The molecular weight excluding hydrogens is 288 g/mol. The largest absolute Gasteiger partial charge is 0.467 e. The van der Waals surface area contributed by atoms with Crippen molar-refractivity contribution in [1.29, 1.82) is 0 Å². The van der Waals surface area contributed by atoms with Gasteiger partial charge in [-0.3, -0.25) is 4.98 Å². The molecule has 0 atom stereocenters. The van der Waals surface area contributed by atoms with Crippen LogP contribution in [0.2, 0.25) is 0 Å². The Morgan fingerprint density at radius 2 is 2.04 bits per heavy atom. The molecule has 0 aromatic carbocycles. The zero-order valence-electron chi connectivity index (χ0n) is 13.4. The van der Waals surface area contributed by atoms with Gasteiger partial charge in [-0.15, -0.1) is 0 Å². The highest BCUT2D eigenvalue weighted by molar-refractivity contribution is 5.41. The molecule has 0 unspecified atom stereocenters. The Balaban J connectivity index is 1.92. The van der Waals surface area contributed by atoms with Crippen molar-refractivity contribution < 1.29 is 4.42 Å². The van der Waals surface area contributed by atoms with Crippen molar-refractivity contribution >= 4 is 5.82 Å². The van der Waals surface area contributed by atoms with Crippen LogP contribution in [0.1, 0.15) is 29.8 Å². The molecule has 0 saturated carbocycles. The Morgan fingerprint density at radius 1 is 1.13 bits per heavy atom. The zero-order valence-corrected chi connectivity index (χ0v) is 13.4. The van der Waals surface area contributed by atoms with Gasteiger partial charge in [-0.25, -0.2) is 9.97 Å². The van der Waals surface area contributed by atoms with Gasteiger partial charge in [-0.2, -0.15) is 0 Å². The highest BCUT2D eigenvalue weighted by atomic mass is 16.3. The summed E-state index contributed by atoms with van der Waals surface area (Å²) in [5, 5.41) is 0. The van der Waals surface area contributed by atoms with E-state index < -0.39 is 0 Å². The molecule has 3 aromatic rings. The molecule has 0 aliphatic rings. The second-order valence-electron chi connectivity index (χ2n) is 5.41. The lowest BCUT2D eigenvalue weighted by atomic mass is 10.2. The van der Waals surface area contributed by atoms with Gasteiger partial charge in [0.2, 0.25) is 0 Å². The molecule has 3 aromatic heterocycles. The molecule has 0 bridgehead atoms. The molecule has 5 nitrogen and oxygen atoms in total. The summed E-state index contributed by atoms with van der Waals surface area (Å²) >= 11 is 0. The van der Waals surface area contributed by atoms with Crippen molar-refractivity contribution in [3.63, 3.8) is 0 Å². The van der Waals surface area contributed by atoms with Crippen molar-refractivity contribution in [2.45, 2.75) is 33.4 Å². The van der Waals surface area contributed by atoms with E-state index in [-0.39, 0.29) is 0 Å². The molecule has 0 aliphatic carbocycles. The van der Waals surface area contributed by atoms with E-state index in [0.717, 1.165) is 35.1 Å². The molecule has 0 spiro atoms. The summed E-state index contributed by atoms with van der Waals surface area (Å²) in [7, 11) is 0. The Labute approximate surface area is 136 Å². The number of furan rings is 1. The van der Waals surface area contributed by atoms with Crippen molar-refractivity contribution in [1.82, 2.24) is 15.0 Å². The summed E-state index contributed by atoms with van der Waals surface area (Å²) in [4.78, 5) is 15.5. The van der Waals surface area contributed by atoms with Crippen LogP contribution in [0, 0.1) is 6.92 Å². The monoisotopic (exact) mass is 308 g/mol. The van der Waals surface area contributed by atoms with Gasteiger partial charge in [0.05, 0.1) is 12.8 Å². The van der Waals surface area contributed by atoms with Gasteiger partial charge in [0.25, 0.3) is 0 Å². The normalized spacial score (nSPS) is 10.7. The molecule has 3 rings (SSSR count). The summed E-state index contributed by atoms with van der Waals surface area (Å²) in [5.74, 6) is 2.60. The van der Waals surface area contributed by atoms with Crippen LogP contribution in [-0.4, -0.2) is 15.0 Å². The number of aryl methyl sites for hydroxylation is 2. The molecule has 118 valence electrons. The Kier molecular flexibility index (Phi) is 4.66. The van der Waals surface area contributed by atoms with Gasteiger partial charge < -0.3 is 9.32 Å². The van der Waals surface area contributed by atoms with E-state index in [9.17, 15) is 0 Å². The minimum Gasteiger partial charge on any atom is -0.467 e. The van der Waals surface area contributed by atoms with E-state index >= 15 is 0 Å². The minimum atomic E-state index is 0.654. The van der Waals surface area contributed by atoms with E-state index in [2.05, 4.69) is 32.8 Å². The molecule has 0 N–H and O–H groups in total. The van der Waals surface area contributed by atoms with E-state index in [4.69, 9.17) is 4.42 Å². The number of nitrogens with zero attached hydrogens (tertiary/aromatic N) is 4. The lowest BCUT2D eigenvalue weighted by Crippen LogP contribution is -2.23. The number of aromatic nitrogens is 3. The first kappa shape index (κ1) is 15.2. The predicted molar refractivity (Wildman–Crippen MR) is 89.0 cm³/mol. The topological polar surface area (TPSA) is 55.1 Å². The van der Waals surface area contributed by atoms with Crippen LogP contribution >= 0.6 is 0 Å². The van der Waals surface area contributed by atoms with E-state index in [1.807, 2.05) is 37.4 Å². The van der Waals surface area contributed by atoms with Crippen LogP contribution in [0.3, 0.4) is 0 Å². The molecule has 0 saturated heterocycles. The highest BCUT2D eigenvalue weighted by Gasteiger charge is 2.13. The average molecular weight is 308 g/mol. The van der Waals surface area contributed by atoms with E-state index in [1.165, 1.54) is 0 Å². The summed E-state index contributed by atoms with van der Waals surface area (Å²) < 4.78 is 5.51. The third kappa shape index (κ3) is 3.94. The fraction of sp³-hybridized carbons (Fsp3) is 0.278. The number of hydrogen-bond donors (Lipinski definition) is 0. The summed E-state index contributed by atoms with van der Waals surface area (Å²) in [6.45, 7) is 5.40. The van der Waals surface area contributed by atoms with Crippen LogP contribution in [0.4, 0.5) is 5.82 Å². The van der Waals surface area contributed by atoms with Gasteiger partial charge >= 0.3 is 0 Å². The first-order valence-electron chi connectivity index (χ1n) is 7.75. The van der Waals surface area contributed by atoms with Crippen LogP contribution in [0.15, 0.2) is 53.4 Å². The molecule has 0 fully saturated rings. The third-order valence-corrected chi connectivity index (χ3v) is 3.59. The van der Waals surface area contributed by atoms with Crippen LogP contribution in [-0.2, 0) is 19.5 Å². The maximum atomic E-state index is 5.51. The lowest BCUT2D eigenvalue weighted by molar-refractivity contribution is 0.500. The fourth-order valence-corrected chi connectivity index (χ4v) is 2.48. The number of anilines is 1. The number of hydrogen-bond acceptors (Lipinski definition) is 5. The summed E-state index contributed by atoms with van der Waals surface area (Å²) in [5.41, 5.74) is 2.18. The zero-order chi connectivity index (χ0) is 16.1. The quantitative estimate of drug-likeness (QED) is 0.697. The van der Waals surface area contributed by atoms with Crippen molar-refractivity contribution in [3.8, 4) is 0 Å². The molecular formula is C18H20N4O. The van der Waals surface area contributed by atoms with Gasteiger partial charge in [0.1, 0.15) is 17.4 Å². The Hall–Kier alpha value is -2.69. The average Bonchev–Trinajstić information content (AvgIpc) is 3.07. The van der Waals surface area contributed by atoms with Gasteiger partial charge in [0.15, 0.2) is 0 Å². The second-order valence-corrected chi connectivity index (χ2v) is 5.41. The molecule has 0 amide bonds. The maximum absolute atomic E-state index is 5.51. The molecule has 0 aliphatic heterocycles. The number of rotatable bonds is 6. The van der Waals surface area contributed by atoms with Gasteiger partial charge in [-0.05, 0) is 37.1 Å². The first-order valence-corrected chi connectivity index (χ1v) is 7.75. The van der Waals surface area contributed by atoms with Crippen LogP contribution < -0.4 is 4.90 Å². The molecule has 5 heteroatoms. The second kappa shape index (κ2) is 7.05. The van der Waals surface area contributed by atoms with E-state index in [0.29, 0.717) is 13.1 Å². The fourth-order valence-electron chi connectivity index (χ4n) is 2.48. The van der Waals surface area contributed by atoms with Crippen molar-refractivity contribution in [3.05, 3.63) is 71.8 Å². The first-order chi connectivity index (χ1) is 11.2. The molecule has 3 heterocycles. The number of pyridine rings is 1. The van der Waals surface area contributed by atoms with Gasteiger partial charge in [0, 0.05) is 30.7 Å². The predicted octanol–water partition coefficient (Wildman–Crippen LogP) is 3.54. The standard InChI is InChI=1S/C18H20N4O/c1-3-16-10-18(21-14(2)20-16)22(13-17-7-5-9-23-17)12-15-6-4-8-19-11-15/h4-11H,3,12-13H2,1-2H3. The molecule has 23 heavy (non-hydrogen) atoms. The summed E-state index contributed by atoms with van der Waals surface area (Å²) in [6.07, 6.45) is 6.24. The highest BCUT2D eigenvalue weighted by Crippen LogP contribution is 2.19. The van der Waals surface area contributed by atoms with Crippen LogP contribution in [0.25, 0.3) is 0 Å². The lowest BCUT2D eigenvalue weighted by Gasteiger charge is -2.23. The Bertz CT molecular complexity index is 741. The SMILES string of the molecule is CCc1cc(N(Cc2cccnc2)Cc2ccco2)nc(C)n1. The van der Waals surface area contributed by atoms with Crippen molar-refractivity contribution in [2.75, 3.05) is 4.90 Å². The molecule has 0 radical (unpaired) electrons. The van der Waals surface area contributed by atoms with Crippen LogP contribution in [0.5, 0.6) is 0 Å². The Morgan fingerprint density at radius 3 is 2.74 bits per heavy atom. The van der Waals surface area contributed by atoms with Crippen molar-refractivity contribution in [2.24, 2.45) is 0 Å². The van der Waals surface area contributed by atoms with Gasteiger partial charge in [-0.1, -0.05) is 13.0 Å².